The molecule has 0 spiro atoms. The topological polar surface area (TPSA) is 55.9 Å². The fourth-order valence-electron chi connectivity index (χ4n) is 2.60. The third kappa shape index (κ3) is 3.81. The van der Waals surface area contributed by atoms with E-state index in [1.54, 1.807) is 0 Å². The van der Waals surface area contributed by atoms with Crippen LogP contribution in [0, 0.1) is 5.92 Å². The minimum atomic E-state index is 0.246. The lowest BCUT2D eigenvalue weighted by Crippen LogP contribution is -2.35. The highest BCUT2D eigenvalue weighted by Crippen LogP contribution is 2.14. The molecule has 1 atom stereocenters. The fourth-order valence-corrected chi connectivity index (χ4v) is 2.60. The van der Waals surface area contributed by atoms with Crippen LogP contribution in [0.4, 0.5) is 0 Å². The van der Waals surface area contributed by atoms with Crippen LogP contribution in [0.25, 0.3) is 11.0 Å². The summed E-state index contributed by atoms with van der Waals surface area (Å²) in [6, 6.07) is 8.50. The molecule has 0 saturated carbocycles. The standard InChI is InChI=1S/C16H26N4/c1-12(2)10-13(17)11-18-9-8-16-19-14-6-4-5-7-15(14)20(16)3/h4-7,12-13,18H,8-11,17H2,1-3H3. The first-order chi connectivity index (χ1) is 9.58. The molecule has 2 aromatic rings. The Morgan fingerprint density at radius 2 is 2.05 bits per heavy atom. The molecule has 110 valence electrons. The lowest BCUT2D eigenvalue weighted by atomic mass is 10.0. The zero-order chi connectivity index (χ0) is 14.5. The number of aryl methyl sites for hydroxylation is 1. The van der Waals surface area contributed by atoms with E-state index in [1.807, 2.05) is 6.07 Å². The number of benzene rings is 1. The van der Waals surface area contributed by atoms with Crippen LogP contribution in [0.2, 0.25) is 0 Å². The molecule has 20 heavy (non-hydrogen) atoms. The SMILES string of the molecule is CC(C)CC(N)CNCCc1nc2ccccc2n1C. The molecule has 1 unspecified atom stereocenters. The molecule has 3 N–H and O–H groups in total. The largest absolute Gasteiger partial charge is 0.331 e. The van der Waals surface area contributed by atoms with Gasteiger partial charge in [0.2, 0.25) is 0 Å². The van der Waals surface area contributed by atoms with Crippen LogP contribution >= 0.6 is 0 Å². The van der Waals surface area contributed by atoms with Gasteiger partial charge >= 0.3 is 0 Å². The van der Waals surface area contributed by atoms with Crippen LogP contribution in [-0.2, 0) is 13.5 Å². The number of rotatable bonds is 7. The van der Waals surface area contributed by atoms with E-state index >= 15 is 0 Å². The number of hydrogen-bond donors (Lipinski definition) is 2. The minimum Gasteiger partial charge on any atom is -0.331 e. The molecule has 1 aromatic heterocycles. The van der Waals surface area contributed by atoms with E-state index in [4.69, 9.17) is 5.73 Å². The van der Waals surface area contributed by atoms with Gasteiger partial charge in [-0.05, 0) is 24.5 Å². The van der Waals surface area contributed by atoms with Crippen LogP contribution in [0.15, 0.2) is 24.3 Å². The molecule has 0 saturated heterocycles. The number of hydrogen-bond acceptors (Lipinski definition) is 3. The van der Waals surface area contributed by atoms with Crippen molar-refractivity contribution in [1.29, 1.82) is 0 Å². The van der Waals surface area contributed by atoms with Crippen LogP contribution in [0.1, 0.15) is 26.1 Å². The third-order valence-corrected chi connectivity index (χ3v) is 3.59. The van der Waals surface area contributed by atoms with Gasteiger partial charge in [-0.2, -0.15) is 0 Å². The first-order valence-corrected chi connectivity index (χ1v) is 7.44. The molecule has 0 aliphatic carbocycles. The van der Waals surface area contributed by atoms with Crippen molar-refractivity contribution in [3.05, 3.63) is 30.1 Å². The normalized spacial score (nSPS) is 13.2. The number of fused-ring (bicyclic) bond motifs is 1. The van der Waals surface area contributed by atoms with E-state index in [0.29, 0.717) is 5.92 Å². The van der Waals surface area contributed by atoms with Crippen molar-refractivity contribution in [1.82, 2.24) is 14.9 Å². The molecule has 1 heterocycles. The van der Waals surface area contributed by atoms with Crippen molar-refractivity contribution < 1.29 is 0 Å². The van der Waals surface area contributed by atoms with Crippen molar-refractivity contribution in [2.24, 2.45) is 18.7 Å². The highest BCUT2D eigenvalue weighted by molar-refractivity contribution is 5.75. The van der Waals surface area contributed by atoms with Gasteiger partial charge in [0.05, 0.1) is 11.0 Å². The summed E-state index contributed by atoms with van der Waals surface area (Å²) in [6.07, 6.45) is 2.00. The molecular weight excluding hydrogens is 248 g/mol. The highest BCUT2D eigenvalue weighted by Gasteiger charge is 2.08. The summed E-state index contributed by atoms with van der Waals surface area (Å²) in [4.78, 5) is 4.67. The zero-order valence-corrected chi connectivity index (χ0v) is 12.8. The summed E-state index contributed by atoms with van der Waals surface area (Å²) in [7, 11) is 2.08. The summed E-state index contributed by atoms with van der Waals surface area (Å²) >= 11 is 0. The lowest BCUT2D eigenvalue weighted by molar-refractivity contribution is 0.467. The summed E-state index contributed by atoms with van der Waals surface area (Å²) in [6.45, 7) is 6.21. The second-order valence-electron chi connectivity index (χ2n) is 5.92. The van der Waals surface area contributed by atoms with Crippen molar-refractivity contribution in [3.63, 3.8) is 0 Å². The van der Waals surface area contributed by atoms with Crippen molar-refractivity contribution in [2.45, 2.75) is 32.7 Å². The maximum atomic E-state index is 6.06. The van der Waals surface area contributed by atoms with Gasteiger partial charge in [0.1, 0.15) is 5.82 Å². The van der Waals surface area contributed by atoms with E-state index in [-0.39, 0.29) is 6.04 Å². The van der Waals surface area contributed by atoms with Crippen LogP contribution < -0.4 is 11.1 Å². The number of imidazole rings is 1. The second kappa shape index (κ2) is 6.86. The Morgan fingerprint density at radius 3 is 2.75 bits per heavy atom. The minimum absolute atomic E-state index is 0.246. The zero-order valence-electron chi connectivity index (χ0n) is 12.8. The number of nitrogens with two attached hydrogens (primary N) is 1. The molecule has 0 bridgehead atoms. The first kappa shape index (κ1) is 15.0. The van der Waals surface area contributed by atoms with E-state index in [0.717, 1.165) is 37.3 Å². The summed E-state index contributed by atoms with van der Waals surface area (Å²) in [5.74, 6) is 1.78. The average molecular weight is 274 g/mol. The Hall–Kier alpha value is -1.39. The molecule has 0 radical (unpaired) electrons. The Labute approximate surface area is 121 Å². The van der Waals surface area contributed by atoms with Crippen LogP contribution in [-0.4, -0.2) is 28.7 Å². The number of para-hydroxylation sites is 2. The first-order valence-electron chi connectivity index (χ1n) is 7.44. The molecule has 4 heteroatoms. The van der Waals surface area contributed by atoms with Crippen LogP contribution in [0.5, 0.6) is 0 Å². The molecule has 4 nitrogen and oxygen atoms in total. The van der Waals surface area contributed by atoms with E-state index in [1.165, 1.54) is 5.52 Å². The van der Waals surface area contributed by atoms with Gasteiger partial charge in [-0.25, -0.2) is 4.98 Å². The van der Waals surface area contributed by atoms with E-state index in [9.17, 15) is 0 Å². The molecule has 0 fully saturated rings. The Bertz CT molecular complexity index is 544. The van der Waals surface area contributed by atoms with E-state index < -0.39 is 0 Å². The van der Waals surface area contributed by atoms with Gasteiger partial charge < -0.3 is 15.6 Å². The Balaban J connectivity index is 1.83. The molecule has 0 aliphatic rings. The van der Waals surface area contributed by atoms with Gasteiger partial charge in [-0.1, -0.05) is 26.0 Å². The smallest absolute Gasteiger partial charge is 0.110 e. The fraction of sp³-hybridized carbons (Fsp3) is 0.562. The third-order valence-electron chi connectivity index (χ3n) is 3.59. The number of aromatic nitrogens is 2. The quantitative estimate of drug-likeness (QED) is 0.760. The maximum absolute atomic E-state index is 6.06. The van der Waals surface area contributed by atoms with Crippen LogP contribution in [0.3, 0.4) is 0 Å². The highest BCUT2D eigenvalue weighted by atomic mass is 15.1. The van der Waals surface area contributed by atoms with Gasteiger partial charge in [-0.3, -0.25) is 0 Å². The van der Waals surface area contributed by atoms with E-state index in [2.05, 4.69) is 54.0 Å². The second-order valence-corrected chi connectivity index (χ2v) is 5.92. The monoisotopic (exact) mass is 274 g/mol. The number of nitrogens with one attached hydrogen (secondary N) is 1. The summed E-state index contributed by atoms with van der Waals surface area (Å²) in [5.41, 5.74) is 8.33. The van der Waals surface area contributed by atoms with Gasteiger partial charge in [-0.15, -0.1) is 0 Å². The van der Waals surface area contributed by atoms with Gasteiger partial charge in [0.15, 0.2) is 0 Å². The van der Waals surface area contributed by atoms with Gasteiger partial charge in [0, 0.05) is 32.6 Å². The van der Waals surface area contributed by atoms with Crippen molar-refractivity contribution in [3.8, 4) is 0 Å². The van der Waals surface area contributed by atoms with Crippen molar-refractivity contribution >= 4 is 11.0 Å². The summed E-state index contributed by atoms with van der Waals surface area (Å²) < 4.78 is 2.17. The molecular formula is C16H26N4. The van der Waals surface area contributed by atoms with Gasteiger partial charge in [0.25, 0.3) is 0 Å². The summed E-state index contributed by atoms with van der Waals surface area (Å²) in [5, 5.41) is 3.43. The predicted octanol–water partition coefficient (Wildman–Crippen LogP) is 2.08. The Kier molecular flexibility index (Phi) is 5.15. The molecule has 1 aromatic carbocycles. The number of nitrogens with zero attached hydrogens (tertiary/aromatic N) is 2. The molecule has 0 amide bonds. The molecule has 0 aliphatic heterocycles. The predicted molar refractivity (Wildman–Crippen MR) is 84.7 cm³/mol. The average Bonchev–Trinajstić information content (AvgIpc) is 2.71. The maximum Gasteiger partial charge on any atom is 0.110 e. The lowest BCUT2D eigenvalue weighted by Gasteiger charge is -2.14. The van der Waals surface area contributed by atoms with Crippen molar-refractivity contribution in [2.75, 3.05) is 13.1 Å². The molecule has 2 rings (SSSR count). The Morgan fingerprint density at radius 1 is 1.30 bits per heavy atom.